The van der Waals surface area contributed by atoms with Crippen molar-refractivity contribution in [3.63, 3.8) is 0 Å². The van der Waals surface area contributed by atoms with E-state index >= 15 is 0 Å². The van der Waals surface area contributed by atoms with Crippen molar-refractivity contribution in [3.05, 3.63) is 34.6 Å². The highest BCUT2D eigenvalue weighted by Gasteiger charge is 2.45. The van der Waals surface area contributed by atoms with Crippen LogP contribution in [0.25, 0.3) is 0 Å². The van der Waals surface area contributed by atoms with E-state index in [0.29, 0.717) is 30.7 Å². The lowest BCUT2D eigenvalue weighted by atomic mass is 9.79. The van der Waals surface area contributed by atoms with E-state index in [9.17, 15) is 14.3 Å². The molecule has 1 aliphatic carbocycles. The highest BCUT2D eigenvalue weighted by molar-refractivity contribution is 6.31. The van der Waals surface area contributed by atoms with Crippen molar-refractivity contribution >= 4 is 17.6 Å². The van der Waals surface area contributed by atoms with Gasteiger partial charge in [0.1, 0.15) is 5.82 Å². The van der Waals surface area contributed by atoms with E-state index in [1.807, 2.05) is 0 Å². The van der Waals surface area contributed by atoms with E-state index < -0.39 is 17.2 Å². The maximum atomic E-state index is 13.4. The Morgan fingerprint density at radius 3 is 2.89 bits per heavy atom. The molecular weight excluding hydrogens is 267 g/mol. The summed E-state index contributed by atoms with van der Waals surface area (Å²) in [5.74, 6) is -0.822. The van der Waals surface area contributed by atoms with Crippen LogP contribution in [0.15, 0.2) is 18.2 Å². The van der Waals surface area contributed by atoms with Crippen LogP contribution in [0, 0.1) is 17.2 Å². The maximum absolute atomic E-state index is 13.4. The van der Waals surface area contributed by atoms with Gasteiger partial charge in [0, 0.05) is 0 Å². The Morgan fingerprint density at radius 2 is 2.32 bits per heavy atom. The van der Waals surface area contributed by atoms with Gasteiger partial charge in [0.15, 0.2) is 0 Å². The highest BCUT2D eigenvalue weighted by atomic mass is 35.5. The molecule has 1 aromatic rings. The van der Waals surface area contributed by atoms with Crippen molar-refractivity contribution in [3.8, 4) is 0 Å². The minimum atomic E-state index is -0.788. The van der Waals surface area contributed by atoms with Gasteiger partial charge in [-0.15, -0.1) is 0 Å². The Hall–Kier alpha value is -1.09. The lowest BCUT2D eigenvalue weighted by molar-refractivity contribution is -0.148. The summed E-state index contributed by atoms with van der Waals surface area (Å²) in [6.45, 7) is 2.08. The van der Waals surface area contributed by atoms with Crippen LogP contribution in [0.4, 0.5) is 4.39 Å². The standard InChI is InChI=1S/C15H18ClFO2/c1-2-10-6-7-15(8-10,14(18)19)9-11-4-3-5-12(17)13(11)16/h3-5,10H,2,6-9H2,1H3,(H,18,19). The molecule has 1 saturated carbocycles. The Labute approximate surface area is 117 Å². The zero-order chi connectivity index (χ0) is 14.0. The first-order valence-corrected chi connectivity index (χ1v) is 7.02. The predicted octanol–water partition coefficient (Wildman–Crippen LogP) is 4.30. The third kappa shape index (κ3) is 2.76. The molecule has 4 heteroatoms. The largest absolute Gasteiger partial charge is 0.481 e. The fourth-order valence-corrected chi connectivity index (χ4v) is 3.26. The summed E-state index contributed by atoms with van der Waals surface area (Å²) in [7, 11) is 0. The fraction of sp³-hybridized carbons (Fsp3) is 0.533. The van der Waals surface area contributed by atoms with Gasteiger partial charge in [-0.25, -0.2) is 4.39 Å². The van der Waals surface area contributed by atoms with Crippen LogP contribution in [0.3, 0.4) is 0 Å². The fourth-order valence-electron chi connectivity index (χ4n) is 3.07. The summed E-state index contributed by atoms with van der Waals surface area (Å²) in [6, 6.07) is 4.59. The number of rotatable bonds is 4. The van der Waals surface area contributed by atoms with E-state index in [-0.39, 0.29) is 5.02 Å². The molecule has 0 amide bonds. The average Bonchev–Trinajstić information content (AvgIpc) is 2.80. The van der Waals surface area contributed by atoms with Crippen molar-refractivity contribution in [2.45, 2.75) is 39.0 Å². The van der Waals surface area contributed by atoms with Crippen LogP contribution in [0.2, 0.25) is 5.02 Å². The Kier molecular flexibility index (Phi) is 4.14. The summed E-state index contributed by atoms with van der Waals surface area (Å²) >= 11 is 5.94. The molecule has 1 fully saturated rings. The number of carboxylic acids is 1. The first kappa shape index (κ1) is 14.3. The van der Waals surface area contributed by atoms with E-state index in [1.165, 1.54) is 6.07 Å². The molecule has 0 aliphatic heterocycles. The van der Waals surface area contributed by atoms with Crippen LogP contribution in [0.1, 0.15) is 38.2 Å². The number of carbonyl (C=O) groups is 1. The molecule has 1 aliphatic rings. The van der Waals surface area contributed by atoms with E-state index in [1.54, 1.807) is 12.1 Å². The summed E-state index contributed by atoms with van der Waals surface area (Å²) in [6.07, 6.45) is 3.54. The van der Waals surface area contributed by atoms with Gasteiger partial charge in [-0.1, -0.05) is 37.1 Å². The SMILES string of the molecule is CCC1CCC(Cc2cccc(F)c2Cl)(C(=O)O)C1. The number of hydrogen-bond acceptors (Lipinski definition) is 1. The van der Waals surface area contributed by atoms with Crippen LogP contribution in [-0.2, 0) is 11.2 Å². The summed E-state index contributed by atoms with van der Waals surface area (Å²) < 4.78 is 13.4. The molecule has 1 N–H and O–H groups in total. The molecular formula is C15H18ClFO2. The van der Waals surface area contributed by atoms with Crippen molar-refractivity contribution in [1.82, 2.24) is 0 Å². The predicted molar refractivity (Wildman–Crippen MR) is 72.8 cm³/mol. The quantitative estimate of drug-likeness (QED) is 0.895. The second kappa shape index (κ2) is 5.49. The van der Waals surface area contributed by atoms with Crippen molar-refractivity contribution in [2.75, 3.05) is 0 Å². The molecule has 0 radical (unpaired) electrons. The summed E-state index contributed by atoms with van der Waals surface area (Å²) in [4.78, 5) is 11.6. The molecule has 0 aromatic heterocycles. The molecule has 0 heterocycles. The summed E-state index contributed by atoms with van der Waals surface area (Å²) in [5, 5.41) is 9.62. The van der Waals surface area contributed by atoms with Crippen molar-refractivity contribution < 1.29 is 14.3 Å². The van der Waals surface area contributed by atoms with E-state index in [4.69, 9.17) is 11.6 Å². The Morgan fingerprint density at radius 1 is 1.58 bits per heavy atom. The van der Waals surface area contributed by atoms with E-state index in [2.05, 4.69) is 6.92 Å². The smallest absolute Gasteiger partial charge is 0.309 e. The molecule has 1 aromatic carbocycles. The van der Waals surface area contributed by atoms with Gasteiger partial charge >= 0.3 is 5.97 Å². The normalized spacial score (nSPS) is 26.6. The second-order valence-electron chi connectivity index (χ2n) is 5.49. The molecule has 0 spiro atoms. The van der Waals surface area contributed by atoms with Gasteiger partial charge in [-0.2, -0.15) is 0 Å². The van der Waals surface area contributed by atoms with Crippen LogP contribution in [-0.4, -0.2) is 11.1 Å². The van der Waals surface area contributed by atoms with Gasteiger partial charge in [0.05, 0.1) is 10.4 Å². The molecule has 2 nitrogen and oxygen atoms in total. The average molecular weight is 285 g/mol. The van der Waals surface area contributed by atoms with Crippen molar-refractivity contribution in [1.29, 1.82) is 0 Å². The minimum absolute atomic E-state index is 0.0584. The van der Waals surface area contributed by atoms with Crippen molar-refractivity contribution in [2.24, 2.45) is 11.3 Å². The first-order valence-electron chi connectivity index (χ1n) is 6.65. The molecule has 2 atom stereocenters. The third-order valence-electron chi connectivity index (χ3n) is 4.30. The molecule has 104 valence electrons. The van der Waals surface area contributed by atoms with E-state index in [0.717, 1.165) is 12.8 Å². The van der Waals surface area contributed by atoms with Crippen LogP contribution in [0.5, 0.6) is 0 Å². The molecule has 0 saturated heterocycles. The molecule has 19 heavy (non-hydrogen) atoms. The number of halogens is 2. The molecule has 2 unspecified atom stereocenters. The number of carboxylic acid groups (broad SMARTS) is 1. The Bertz CT molecular complexity index is 489. The van der Waals surface area contributed by atoms with Gasteiger partial charge in [-0.05, 0) is 43.2 Å². The van der Waals surface area contributed by atoms with Gasteiger partial charge in [0.25, 0.3) is 0 Å². The zero-order valence-corrected chi connectivity index (χ0v) is 11.7. The zero-order valence-electron chi connectivity index (χ0n) is 11.0. The molecule has 0 bridgehead atoms. The highest BCUT2D eigenvalue weighted by Crippen LogP contribution is 2.46. The Balaban J connectivity index is 2.28. The topological polar surface area (TPSA) is 37.3 Å². The monoisotopic (exact) mass is 284 g/mol. The number of aliphatic carboxylic acids is 1. The maximum Gasteiger partial charge on any atom is 0.309 e. The van der Waals surface area contributed by atoms with Crippen LogP contribution < -0.4 is 0 Å². The lowest BCUT2D eigenvalue weighted by Gasteiger charge is -2.25. The van der Waals surface area contributed by atoms with Gasteiger partial charge in [-0.3, -0.25) is 4.79 Å². The first-order chi connectivity index (χ1) is 8.98. The van der Waals surface area contributed by atoms with Gasteiger partial charge < -0.3 is 5.11 Å². The lowest BCUT2D eigenvalue weighted by Crippen LogP contribution is -2.31. The van der Waals surface area contributed by atoms with Gasteiger partial charge in [0.2, 0.25) is 0 Å². The van der Waals surface area contributed by atoms with Crippen LogP contribution >= 0.6 is 11.6 Å². The minimum Gasteiger partial charge on any atom is -0.481 e. The number of hydrogen-bond donors (Lipinski definition) is 1. The number of benzene rings is 1. The summed E-state index contributed by atoms with van der Waals surface area (Å²) in [5.41, 5.74) is -0.182. The second-order valence-corrected chi connectivity index (χ2v) is 5.87. The molecule has 2 rings (SSSR count). The third-order valence-corrected chi connectivity index (χ3v) is 4.73.